The average Bonchev–Trinajstić information content (AvgIpc) is 3.15. The fourth-order valence-corrected chi connectivity index (χ4v) is 3.55. The van der Waals surface area contributed by atoms with E-state index in [0.29, 0.717) is 36.6 Å². The number of anilines is 1. The first-order chi connectivity index (χ1) is 14.3. The number of nitro groups is 1. The Bertz CT molecular complexity index is 973. The number of nitrogens with one attached hydrogen (secondary N) is 1. The van der Waals surface area contributed by atoms with Crippen molar-refractivity contribution in [1.29, 1.82) is 0 Å². The SMILES string of the molecule is CCOc1ccccc1C(=O)N[C@H](C(=O)N1CCc2ccc([N+](=O)[O-])cc21)C(C)C. The zero-order chi connectivity index (χ0) is 21.8. The van der Waals surface area contributed by atoms with Gasteiger partial charge >= 0.3 is 0 Å². The van der Waals surface area contributed by atoms with Crippen LogP contribution in [0.3, 0.4) is 0 Å². The molecule has 1 N–H and O–H groups in total. The second kappa shape index (κ2) is 8.94. The topological polar surface area (TPSA) is 102 Å². The van der Waals surface area contributed by atoms with E-state index in [0.717, 1.165) is 5.56 Å². The van der Waals surface area contributed by atoms with Crippen molar-refractivity contribution in [3.05, 3.63) is 63.7 Å². The summed E-state index contributed by atoms with van der Waals surface area (Å²) in [6.07, 6.45) is 0.616. The van der Waals surface area contributed by atoms with Gasteiger partial charge in [-0.15, -0.1) is 0 Å². The number of nitrogens with zero attached hydrogens (tertiary/aromatic N) is 2. The summed E-state index contributed by atoms with van der Waals surface area (Å²) in [6, 6.07) is 10.6. The molecule has 1 aliphatic heterocycles. The highest BCUT2D eigenvalue weighted by atomic mass is 16.6. The third-order valence-corrected chi connectivity index (χ3v) is 5.09. The first-order valence-corrected chi connectivity index (χ1v) is 9.94. The van der Waals surface area contributed by atoms with Gasteiger partial charge in [-0.25, -0.2) is 0 Å². The molecule has 2 aromatic rings. The number of benzene rings is 2. The molecule has 0 unspecified atom stereocenters. The molecule has 1 atom stereocenters. The molecule has 2 aromatic carbocycles. The molecule has 0 saturated carbocycles. The number of carbonyl (C=O) groups is 2. The zero-order valence-corrected chi connectivity index (χ0v) is 17.3. The normalized spacial score (nSPS) is 13.7. The van der Waals surface area contributed by atoms with E-state index in [-0.39, 0.29) is 17.5 Å². The van der Waals surface area contributed by atoms with Crippen LogP contribution in [0.4, 0.5) is 11.4 Å². The van der Waals surface area contributed by atoms with Gasteiger partial charge in [0.25, 0.3) is 11.6 Å². The van der Waals surface area contributed by atoms with Gasteiger partial charge in [-0.2, -0.15) is 0 Å². The van der Waals surface area contributed by atoms with Crippen LogP contribution in [0.1, 0.15) is 36.7 Å². The van der Waals surface area contributed by atoms with Crippen molar-refractivity contribution in [2.75, 3.05) is 18.1 Å². The van der Waals surface area contributed by atoms with Crippen LogP contribution in [0.25, 0.3) is 0 Å². The van der Waals surface area contributed by atoms with Crippen molar-refractivity contribution in [3.63, 3.8) is 0 Å². The second-order valence-electron chi connectivity index (χ2n) is 7.43. The summed E-state index contributed by atoms with van der Waals surface area (Å²) in [7, 11) is 0. The molecule has 3 rings (SSSR count). The van der Waals surface area contributed by atoms with Gasteiger partial charge in [0, 0.05) is 18.7 Å². The van der Waals surface area contributed by atoms with Crippen LogP contribution >= 0.6 is 0 Å². The Morgan fingerprint density at radius 3 is 2.63 bits per heavy atom. The highest BCUT2D eigenvalue weighted by Crippen LogP contribution is 2.32. The van der Waals surface area contributed by atoms with Gasteiger partial charge in [0.2, 0.25) is 5.91 Å². The number of hydrogen-bond donors (Lipinski definition) is 1. The molecule has 158 valence electrons. The van der Waals surface area contributed by atoms with Crippen LogP contribution < -0.4 is 15.0 Å². The number of ether oxygens (including phenoxy) is 1. The van der Waals surface area contributed by atoms with Crippen molar-refractivity contribution >= 4 is 23.2 Å². The Morgan fingerprint density at radius 1 is 1.23 bits per heavy atom. The van der Waals surface area contributed by atoms with Gasteiger partial charge in [-0.3, -0.25) is 19.7 Å². The lowest BCUT2D eigenvalue weighted by molar-refractivity contribution is -0.384. The van der Waals surface area contributed by atoms with Crippen LogP contribution in [-0.4, -0.2) is 35.9 Å². The Kier molecular flexibility index (Phi) is 6.34. The van der Waals surface area contributed by atoms with Crippen molar-refractivity contribution in [1.82, 2.24) is 5.32 Å². The lowest BCUT2D eigenvalue weighted by Gasteiger charge is -2.27. The minimum Gasteiger partial charge on any atom is -0.493 e. The van der Waals surface area contributed by atoms with E-state index in [1.54, 1.807) is 30.3 Å². The lowest BCUT2D eigenvalue weighted by Crippen LogP contribution is -2.51. The third-order valence-electron chi connectivity index (χ3n) is 5.09. The molecule has 1 aliphatic rings. The van der Waals surface area contributed by atoms with Crippen LogP contribution in [-0.2, 0) is 11.2 Å². The number of amides is 2. The second-order valence-corrected chi connectivity index (χ2v) is 7.43. The molecule has 0 aliphatic carbocycles. The number of carbonyl (C=O) groups excluding carboxylic acids is 2. The largest absolute Gasteiger partial charge is 0.493 e. The summed E-state index contributed by atoms with van der Waals surface area (Å²) in [4.78, 5) is 38.4. The minimum atomic E-state index is -0.780. The molecule has 0 aromatic heterocycles. The van der Waals surface area contributed by atoms with Crippen LogP contribution in [0.5, 0.6) is 5.75 Å². The first-order valence-electron chi connectivity index (χ1n) is 9.94. The van der Waals surface area contributed by atoms with E-state index in [1.807, 2.05) is 20.8 Å². The quantitative estimate of drug-likeness (QED) is 0.556. The highest BCUT2D eigenvalue weighted by molar-refractivity contribution is 6.04. The van der Waals surface area contributed by atoms with Gasteiger partial charge in [-0.1, -0.05) is 32.0 Å². The number of non-ortho nitro benzene ring substituents is 1. The number of rotatable bonds is 7. The maximum atomic E-state index is 13.3. The van der Waals surface area contributed by atoms with E-state index in [4.69, 9.17) is 4.74 Å². The van der Waals surface area contributed by atoms with E-state index < -0.39 is 16.9 Å². The first kappa shape index (κ1) is 21.3. The van der Waals surface area contributed by atoms with Crippen molar-refractivity contribution in [3.8, 4) is 5.75 Å². The summed E-state index contributed by atoms with van der Waals surface area (Å²) in [5.74, 6) is -0.408. The third kappa shape index (κ3) is 4.27. The molecular weight excluding hydrogens is 386 g/mol. The fourth-order valence-electron chi connectivity index (χ4n) is 3.55. The van der Waals surface area contributed by atoms with Gasteiger partial charge in [0.05, 0.1) is 22.8 Å². The maximum absolute atomic E-state index is 13.3. The van der Waals surface area contributed by atoms with Gasteiger partial charge in [0.15, 0.2) is 0 Å². The smallest absolute Gasteiger partial charge is 0.271 e. The van der Waals surface area contributed by atoms with E-state index in [9.17, 15) is 19.7 Å². The van der Waals surface area contributed by atoms with E-state index in [1.165, 1.54) is 17.0 Å². The van der Waals surface area contributed by atoms with Crippen LogP contribution in [0.2, 0.25) is 0 Å². The van der Waals surface area contributed by atoms with Crippen LogP contribution in [0.15, 0.2) is 42.5 Å². The fraction of sp³-hybridized carbons (Fsp3) is 0.364. The Morgan fingerprint density at radius 2 is 1.97 bits per heavy atom. The Hall–Kier alpha value is -3.42. The van der Waals surface area contributed by atoms with E-state index >= 15 is 0 Å². The summed E-state index contributed by atoms with van der Waals surface area (Å²) >= 11 is 0. The monoisotopic (exact) mass is 411 g/mol. The molecule has 8 nitrogen and oxygen atoms in total. The summed E-state index contributed by atoms with van der Waals surface area (Å²) in [5, 5.41) is 14.0. The highest BCUT2D eigenvalue weighted by Gasteiger charge is 2.34. The van der Waals surface area contributed by atoms with Crippen LogP contribution in [0, 0.1) is 16.0 Å². The molecular formula is C22H25N3O5. The molecule has 0 bridgehead atoms. The van der Waals surface area contributed by atoms with Gasteiger partial charge in [0.1, 0.15) is 11.8 Å². The van der Waals surface area contributed by atoms with Crippen molar-refractivity contribution in [2.24, 2.45) is 5.92 Å². The van der Waals surface area contributed by atoms with Gasteiger partial charge < -0.3 is 15.0 Å². The van der Waals surface area contributed by atoms with Crippen molar-refractivity contribution in [2.45, 2.75) is 33.2 Å². The number of fused-ring (bicyclic) bond motifs is 1. The molecule has 8 heteroatoms. The summed E-state index contributed by atoms with van der Waals surface area (Å²) in [5.41, 5.74) is 1.70. The standard InChI is InChI=1S/C22H25N3O5/c1-4-30-19-8-6-5-7-17(19)21(26)23-20(14(2)3)22(27)24-12-11-15-9-10-16(25(28)29)13-18(15)24/h5-10,13-14,20H,4,11-12H2,1-3H3,(H,23,26)/t20-/m0/s1. The molecule has 1 heterocycles. The zero-order valence-electron chi connectivity index (χ0n) is 17.3. The predicted octanol–water partition coefficient (Wildman–Crippen LogP) is 3.34. The number of nitro benzene ring substituents is 1. The molecule has 30 heavy (non-hydrogen) atoms. The maximum Gasteiger partial charge on any atom is 0.271 e. The van der Waals surface area contributed by atoms with Gasteiger partial charge in [-0.05, 0) is 37.0 Å². The number of hydrogen-bond acceptors (Lipinski definition) is 5. The molecule has 0 fully saturated rings. The van der Waals surface area contributed by atoms with Crippen molar-refractivity contribution < 1.29 is 19.2 Å². The van der Waals surface area contributed by atoms with E-state index in [2.05, 4.69) is 5.32 Å². The molecule has 0 spiro atoms. The molecule has 2 amide bonds. The summed E-state index contributed by atoms with van der Waals surface area (Å²) < 4.78 is 5.52. The number of para-hydroxylation sites is 1. The predicted molar refractivity (Wildman–Crippen MR) is 113 cm³/mol. The lowest BCUT2D eigenvalue weighted by atomic mass is 10.0. The summed E-state index contributed by atoms with van der Waals surface area (Å²) in [6.45, 7) is 6.37. The Balaban J connectivity index is 1.85. The molecule has 0 saturated heterocycles. The molecule has 0 radical (unpaired) electrons. The average molecular weight is 411 g/mol. The Labute approximate surface area is 175 Å². The minimum absolute atomic E-state index is 0.0655.